The molecule has 9 heteroatoms. The molecule has 0 aliphatic carbocycles. The van der Waals surface area contributed by atoms with Gasteiger partial charge in [0.2, 0.25) is 12.1 Å². The normalized spacial score (nSPS) is 16.0. The Morgan fingerprint density at radius 3 is 2.04 bits per heavy atom. The molecule has 0 bridgehead atoms. The summed E-state index contributed by atoms with van der Waals surface area (Å²) in [5.41, 5.74) is 0. The van der Waals surface area contributed by atoms with Crippen molar-refractivity contribution in [1.82, 2.24) is 0 Å². The van der Waals surface area contributed by atoms with E-state index in [4.69, 9.17) is 0 Å². The molecule has 9 nitrogen and oxygen atoms in total. The van der Waals surface area contributed by atoms with Gasteiger partial charge in [0.1, 0.15) is 18.5 Å². The first kappa shape index (κ1) is 25.1. The standard InChI is InChI=1S/C18H32N2O7/c1-2-3-8-11-15(19(24)25)17(22)14-18(23)16(20(26)27)12-9-6-4-5-7-10-13-21/h6,9,13,15-18,22-23H,2-5,7-8,10-12,14H2,1H3. The van der Waals surface area contributed by atoms with Crippen molar-refractivity contribution in [2.75, 3.05) is 0 Å². The van der Waals surface area contributed by atoms with Gasteiger partial charge in [-0.1, -0.05) is 31.9 Å². The van der Waals surface area contributed by atoms with Crippen LogP contribution in [-0.2, 0) is 4.79 Å². The highest BCUT2D eigenvalue weighted by Crippen LogP contribution is 2.17. The van der Waals surface area contributed by atoms with Crippen LogP contribution in [0.4, 0.5) is 0 Å². The van der Waals surface area contributed by atoms with Crippen LogP contribution < -0.4 is 0 Å². The van der Waals surface area contributed by atoms with E-state index in [0.717, 1.165) is 32.0 Å². The molecule has 156 valence electrons. The van der Waals surface area contributed by atoms with Crippen LogP contribution in [0.25, 0.3) is 0 Å². The van der Waals surface area contributed by atoms with E-state index in [2.05, 4.69) is 0 Å². The summed E-state index contributed by atoms with van der Waals surface area (Å²) in [5.74, 6) is 0. The van der Waals surface area contributed by atoms with Crippen LogP contribution in [0.2, 0.25) is 0 Å². The summed E-state index contributed by atoms with van der Waals surface area (Å²) in [6, 6.07) is -2.55. The minimum atomic E-state index is -1.47. The van der Waals surface area contributed by atoms with Crippen molar-refractivity contribution >= 4 is 6.29 Å². The summed E-state index contributed by atoms with van der Waals surface area (Å²) in [7, 11) is 0. The maximum atomic E-state index is 11.2. The van der Waals surface area contributed by atoms with Crippen LogP contribution in [-0.4, -0.2) is 50.6 Å². The quantitative estimate of drug-likeness (QED) is 0.128. The molecule has 0 aromatic carbocycles. The number of rotatable bonds is 17. The molecule has 0 saturated carbocycles. The fraction of sp³-hybridized carbons (Fsp3) is 0.833. The van der Waals surface area contributed by atoms with Crippen LogP contribution in [0.5, 0.6) is 0 Å². The smallest absolute Gasteiger partial charge is 0.242 e. The van der Waals surface area contributed by atoms with Crippen molar-refractivity contribution in [3.63, 3.8) is 0 Å². The molecule has 27 heavy (non-hydrogen) atoms. The van der Waals surface area contributed by atoms with Gasteiger partial charge in [-0.15, -0.1) is 0 Å². The zero-order valence-electron chi connectivity index (χ0n) is 15.9. The van der Waals surface area contributed by atoms with Crippen LogP contribution in [0.15, 0.2) is 12.2 Å². The molecule has 4 unspecified atom stereocenters. The van der Waals surface area contributed by atoms with E-state index >= 15 is 0 Å². The van der Waals surface area contributed by atoms with Gasteiger partial charge < -0.3 is 15.0 Å². The molecule has 0 aliphatic rings. The predicted molar refractivity (Wildman–Crippen MR) is 101 cm³/mol. The van der Waals surface area contributed by atoms with Crippen LogP contribution in [0.3, 0.4) is 0 Å². The summed E-state index contributed by atoms with van der Waals surface area (Å²) < 4.78 is 0. The third-order valence-electron chi connectivity index (χ3n) is 4.50. The number of carbonyl (C=O) groups excluding carboxylic acids is 1. The molecule has 0 saturated heterocycles. The van der Waals surface area contributed by atoms with Crippen molar-refractivity contribution in [2.24, 2.45) is 0 Å². The maximum Gasteiger partial charge on any atom is 0.242 e. The molecule has 0 fully saturated rings. The molecule has 0 aromatic heterocycles. The number of nitro groups is 2. The Bertz CT molecular complexity index is 471. The number of carbonyl (C=O) groups is 1. The summed E-state index contributed by atoms with van der Waals surface area (Å²) in [4.78, 5) is 31.3. The van der Waals surface area contributed by atoms with Crippen molar-refractivity contribution in [1.29, 1.82) is 0 Å². The van der Waals surface area contributed by atoms with Crippen LogP contribution >= 0.6 is 0 Å². The number of aliphatic hydroxyl groups is 2. The van der Waals surface area contributed by atoms with Crippen molar-refractivity contribution in [3.05, 3.63) is 32.4 Å². The van der Waals surface area contributed by atoms with Gasteiger partial charge in [0.15, 0.2) is 0 Å². The lowest BCUT2D eigenvalue weighted by atomic mass is 9.95. The van der Waals surface area contributed by atoms with Gasteiger partial charge in [-0.3, -0.25) is 20.2 Å². The second kappa shape index (κ2) is 15.2. The average molecular weight is 388 g/mol. The van der Waals surface area contributed by atoms with E-state index in [1.165, 1.54) is 0 Å². The Labute approximate surface area is 159 Å². The highest BCUT2D eigenvalue weighted by molar-refractivity contribution is 5.48. The molecular formula is C18H32N2O7. The average Bonchev–Trinajstić information content (AvgIpc) is 2.60. The Balaban J connectivity index is 4.59. The second-order valence-electron chi connectivity index (χ2n) is 6.73. The lowest BCUT2D eigenvalue weighted by Crippen LogP contribution is -2.41. The fourth-order valence-electron chi connectivity index (χ4n) is 2.83. The van der Waals surface area contributed by atoms with E-state index in [1.54, 1.807) is 12.2 Å². The van der Waals surface area contributed by atoms with Crippen LogP contribution in [0.1, 0.15) is 71.1 Å². The second-order valence-corrected chi connectivity index (χ2v) is 6.73. The lowest BCUT2D eigenvalue weighted by Gasteiger charge is -2.20. The molecule has 2 N–H and O–H groups in total. The summed E-state index contributed by atoms with van der Waals surface area (Å²) in [5, 5.41) is 42.6. The highest BCUT2D eigenvalue weighted by Gasteiger charge is 2.36. The molecule has 0 rings (SSSR count). The molecule has 0 heterocycles. The lowest BCUT2D eigenvalue weighted by molar-refractivity contribution is -0.543. The molecule has 0 aliphatic heterocycles. The minimum Gasteiger partial charge on any atom is -0.386 e. The maximum absolute atomic E-state index is 11.2. The molecule has 0 radical (unpaired) electrons. The first-order chi connectivity index (χ1) is 12.8. The number of aldehydes is 1. The largest absolute Gasteiger partial charge is 0.386 e. The number of nitrogens with zero attached hydrogens (tertiary/aromatic N) is 2. The summed E-state index contributed by atoms with van der Waals surface area (Å²) >= 11 is 0. The van der Waals surface area contributed by atoms with Crippen molar-refractivity contribution < 1.29 is 24.9 Å². The Morgan fingerprint density at radius 2 is 1.48 bits per heavy atom. The van der Waals surface area contributed by atoms with Crippen molar-refractivity contribution in [3.8, 4) is 0 Å². The van der Waals surface area contributed by atoms with E-state index in [-0.39, 0.29) is 12.8 Å². The Morgan fingerprint density at radius 1 is 0.889 bits per heavy atom. The minimum absolute atomic E-state index is 0.0203. The molecule has 0 amide bonds. The van der Waals surface area contributed by atoms with Gasteiger partial charge in [0, 0.05) is 35.5 Å². The number of allylic oxidation sites excluding steroid dienone is 1. The number of hydrogen-bond donors (Lipinski definition) is 2. The highest BCUT2D eigenvalue weighted by atomic mass is 16.6. The predicted octanol–water partition coefficient (Wildman–Crippen LogP) is 2.67. The van der Waals surface area contributed by atoms with Gasteiger partial charge in [0.25, 0.3) is 0 Å². The zero-order valence-corrected chi connectivity index (χ0v) is 15.9. The molecule has 4 atom stereocenters. The van der Waals surface area contributed by atoms with Gasteiger partial charge in [-0.2, -0.15) is 0 Å². The van der Waals surface area contributed by atoms with Gasteiger partial charge in [-0.05, 0) is 25.7 Å². The van der Waals surface area contributed by atoms with E-state index in [9.17, 15) is 35.2 Å². The number of unbranched alkanes of at least 4 members (excludes halogenated alkanes) is 5. The van der Waals surface area contributed by atoms with Crippen LogP contribution in [0, 0.1) is 20.2 Å². The zero-order chi connectivity index (χ0) is 20.7. The first-order valence-electron chi connectivity index (χ1n) is 9.56. The van der Waals surface area contributed by atoms with E-state index < -0.39 is 40.6 Å². The summed E-state index contributed by atoms with van der Waals surface area (Å²) in [6.45, 7) is 1.96. The third kappa shape index (κ3) is 11.4. The first-order valence-corrected chi connectivity index (χ1v) is 9.56. The number of hydrogen-bond acceptors (Lipinski definition) is 7. The van der Waals surface area contributed by atoms with Gasteiger partial charge in [-0.25, -0.2) is 0 Å². The van der Waals surface area contributed by atoms with Gasteiger partial charge >= 0.3 is 0 Å². The van der Waals surface area contributed by atoms with E-state index in [0.29, 0.717) is 19.3 Å². The molecule has 0 aromatic rings. The van der Waals surface area contributed by atoms with Gasteiger partial charge in [0.05, 0.1) is 0 Å². The van der Waals surface area contributed by atoms with E-state index in [1.807, 2.05) is 6.92 Å². The SMILES string of the molecule is CCCCCC(C(O)CC(O)C(CC=CCCCCC=O)[N+](=O)[O-])[N+](=O)[O-]. The number of aliphatic hydroxyl groups excluding tert-OH is 2. The fourth-order valence-corrected chi connectivity index (χ4v) is 2.83. The molecule has 0 spiro atoms. The summed E-state index contributed by atoms with van der Waals surface area (Å²) in [6.07, 6.45) is 6.02. The monoisotopic (exact) mass is 388 g/mol. The third-order valence-corrected chi connectivity index (χ3v) is 4.50. The topological polar surface area (TPSA) is 144 Å². The molecular weight excluding hydrogens is 356 g/mol. The Hall–Kier alpha value is -1.87. The van der Waals surface area contributed by atoms with Crippen molar-refractivity contribution in [2.45, 2.75) is 95.4 Å². The Kier molecular flexibility index (Phi) is 14.2.